The number of rotatable bonds is 8. The molecule has 0 aliphatic heterocycles. The maximum atomic E-state index is 11.8. The molecule has 1 fully saturated rings. The second-order valence-electron chi connectivity index (χ2n) is 7.16. The molecule has 138 valence electrons. The van der Waals surface area contributed by atoms with Gasteiger partial charge >= 0.3 is 5.97 Å². The van der Waals surface area contributed by atoms with E-state index in [0.717, 1.165) is 25.7 Å². The number of ether oxygens (including phenoxy) is 2. The van der Waals surface area contributed by atoms with Gasteiger partial charge in [-0.3, -0.25) is 4.79 Å². The quantitative estimate of drug-likeness (QED) is 0.641. The molecule has 0 amide bonds. The van der Waals surface area contributed by atoms with Crippen molar-refractivity contribution in [2.24, 2.45) is 11.8 Å². The van der Waals surface area contributed by atoms with Crippen molar-refractivity contribution >= 4 is 5.97 Å². The van der Waals surface area contributed by atoms with Gasteiger partial charge < -0.3 is 9.47 Å². The molecule has 1 saturated carbocycles. The largest absolute Gasteiger partial charge is 0.469 e. The summed E-state index contributed by atoms with van der Waals surface area (Å²) in [5, 5.41) is 0. The van der Waals surface area contributed by atoms with Crippen LogP contribution in [0.5, 0.6) is 0 Å². The van der Waals surface area contributed by atoms with Crippen molar-refractivity contribution < 1.29 is 14.3 Å². The first-order valence-electron chi connectivity index (χ1n) is 9.52. The molecular formula is C23H28O3. The second kappa shape index (κ2) is 9.54. The van der Waals surface area contributed by atoms with Crippen LogP contribution in [0.1, 0.15) is 36.8 Å². The van der Waals surface area contributed by atoms with Gasteiger partial charge in [-0.1, -0.05) is 67.1 Å². The Bertz CT molecular complexity index is 668. The molecule has 3 heteroatoms. The van der Waals surface area contributed by atoms with Crippen LogP contribution in [0.15, 0.2) is 60.7 Å². The summed E-state index contributed by atoms with van der Waals surface area (Å²) in [5.41, 5.74) is 2.47. The van der Waals surface area contributed by atoms with Crippen molar-refractivity contribution in [3.8, 4) is 0 Å². The van der Waals surface area contributed by atoms with E-state index in [4.69, 9.17) is 9.47 Å². The third-order valence-corrected chi connectivity index (χ3v) is 5.44. The SMILES string of the molecule is COC(=O)C[C@@H]1CCC[C@@H]1[C@@H](Cc1ccccc1)OCc1ccccc1. The minimum absolute atomic E-state index is 0.108. The zero-order valence-corrected chi connectivity index (χ0v) is 15.5. The number of esters is 1. The van der Waals surface area contributed by atoms with Crippen LogP contribution in [-0.4, -0.2) is 19.2 Å². The molecular weight excluding hydrogens is 324 g/mol. The van der Waals surface area contributed by atoms with E-state index in [-0.39, 0.29) is 12.1 Å². The van der Waals surface area contributed by atoms with E-state index < -0.39 is 0 Å². The molecule has 0 saturated heterocycles. The van der Waals surface area contributed by atoms with E-state index in [9.17, 15) is 4.79 Å². The van der Waals surface area contributed by atoms with Gasteiger partial charge in [0.25, 0.3) is 0 Å². The van der Waals surface area contributed by atoms with Crippen molar-refractivity contribution in [2.75, 3.05) is 7.11 Å². The molecule has 3 nitrogen and oxygen atoms in total. The topological polar surface area (TPSA) is 35.5 Å². The van der Waals surface area contributed by atoms with Crippen molar-refractivity contribution in [1.82, 2.24) is 0 Å². The fourth-order valence-corrected chi connectivity index (χ4v) is 4.06. The third kappa shape index (κ3) is 5.18. The van der Waals surface area contributed by atoms with E-state index in [0.29, 0.717) is 24.9 Å². The van der Waals surface area contributed by atoms with Gasteiger partial charge in [-0.15, -0.1) is 0 Å². The van der Waals surface area contributed by atoms with Crippen molar-refractivity contribution in [3.05, 3.63) is 71.8 Å². The fraction of sp³-hybridized carbons (Fsp3) is 0.435. The monoisotopic (exact) mass is 352 g/mol. The Balaban J connectivity index is 1.71. The highest BCUT2D eigenvalue weighted by molar-refractivity contribution is 5.69. The molecule has 1 aliphatic carbocycles. The average Bonchev–Trinajstić information content (AvgIpc) is 3.14. The van der Waals surface area contributed by atoms with Crippen LogP contribution in [-0.2, 0) is 27.3 Å². The number of carbonyl (C=O) groups excluding carboxylic acids is 1. The molecule has 0 aromatic heterocycles. The molecule has 2 aromatic rings. The minimum Gasteiger partial charge on any atom is -0.469 e. The first-order chi connectivity index (χ1) is 12.8. The van der Waals surface area contributed by atoms with E-state index >= 15 is 0 Å². The maximum absolute atomic E-state index is 11.8. The highest BCUT2D eigenvalue weighted by Crippen LogP contribution is 2.39. The van der Waals surface area contributed by atoms with Crippen LogP contribution in [0.25, 0.3) is 0 Å². The summed E-state index contributed by atoms with van der Waals surface area (Å²) in [7, 11) is 1.47. The van der Waals surface area contributed by atoms with Crippen LogP contribution in [0.4, 0.5) is 0 Å². The lowest BCUT2D eigenvalue weighted by Crippen LogP contribution is -2.30. The summed E-state index contributed by atoms with van der Waals surface area (Å²) in [6, 6.07) is 20.8. The first kappa shape index (κ1) is 18.7. The lowest BCUT2D eigenvalue weighted by Gasteiger charge is -2.29. The van der Waals surface area contributed by atoms with Crippen LogP contribution >= 0.6 is 0 Å². The summed E-state index contributed by atoms with van der Waals surface area (Å²) in [6.45, 7) is 0.611. The Kier molecular flexibility index (Phi) is 6.84. The zero-order valence-electron chi connectivity index (χ0n) is 15.5. The fourth-order valence-electron chi connectivity index (χ4n) is 4.06. The number of hydrogen-bond donors (Lipinski definition) is 0. The second-order valence-corrected chi connectivity index (χ2v) is 7.16. The molecule has 0 spiro atoms. The zero-order chi connectivity index (χ0) is 18.2. The van der Waals surface area contributed by atoms with Crippen LogP contribution < -0.4 is 0 Å². The van der Waals surface area contributed by atoms with Crippen LogP contribution in [0.3, 0.4) is 0 Å². The molecule has 0 heterocycles. The normalized spacial score (nSPS) is 20.7. The smallest absolute Gasteiger partial charge is 0.305 e. The van der Waals surface area contributed by atoms with E-state index in [2.05, 4.69) is 36.4 Å². The molecule has 0 bridgehead atoms. The van der Waals surface area contributed by atoms with Gasteiger partial charge in [0.2, 0.25) is 0 Å². The Labute approximate surface area is 156 Å². The third-order valence-electron chi connectivity index (χ3n) is 5.44. The number of hydrogen-bond acceptors (Lipinski definition) is 3. The Hall–Kier alpha value is -2.13. The van der Waals surface area contributed by atoms with Gasteiger partial charge in [0.15, 0.2) is 0 Å². The highest BCUT2D eigenvalue weighted by Gasteiger charge is 2.35. The molecule has 3 atom stereocenters. The van der Waals surface area contributed by atoms with Crippen molar-refractivity contribution in [1.29, 1.82) is 0 Å². The standard InChI is InChI=1S/C23H28O3/c1-25-23(24)16-20-13-8-14-21(20)22(15-18-9-4-2-5-10-18)26-17-19-11-6-3-7-12-19/h2-7,9-12,20-22H,8,13-17H2,1H3/t20-,21-,22+/m0/s1. The molecule has 0 radical (unpaired) electrons. The highest BCUT2D eigenvalue weighted by atomic mass is 16.5. The molecule has 3 rings (SSSR count). The van der Waals surface area contributed by atoms with Gasteiger partial charge in [0, 0.05) is 6.42 Å². The number of benzene rings is 2. The van der Waals surface area contributed by atoms with Crippen molar-refractivity contribution in [2.45, 2.75) is 44.8 Å². The molecule has 1 aliphatic rings. The Morgan fingerprint density at radius 1 is 1.00 bits per heavy atom. The predicted octanol–water partition coefficient (Wildman–Crippen LogP) is 4.79. The number of methoxy groups -OCH3 is 1. The van der Waals surface area contributed by atoms with Crippen LogP contribution in [0, 0.1) is 11.8 Å². The molecule has 2 aromatic carbocycles. The summed E-state index contributed by atoms with van der Waals surface area (Å²) < 4.78 is 11.3. The average molecular weight is 352 g/mol. The lowest BCUT2D eigenvalue weighted by atomic mass is 9.85. The Morgan fingerprint density at radius 2 is 1.65 bits per heavy atom. The molecule has 26 heavy (non-hydrogen) atoms. The first-order valence-corrected chi connectivity index (χ1v) is 9.52. The van der Waals surface area contributed by atoms with Gasteiger partial charge in [-0.25, -0.2) is 0 Å². The Morgan fingerprint density at radius 3 is 2.31 bits per heavy atom. The maximum Gasteiger partial charge on any atom is 0.305 e. The molecule has 0 unspecified atom stereocenters. The van der Waals surface area contributed by atoms with E-state index in [1.807, 2.05) is 24.3 Å². The van der Waals surface area contributed by atoms with Gasteiger partial charge in [-0.05, 0) is 42.2 Å². The van der Waals surface area contributed by atoms with Crippen molar-refractivity contribution in [3.63, 3.8) is 0 Å². The summed E-state index contributed by atoms with van der Waals surface area (Å²) in [6.07, 6.45) is 4.87. The summed E-state index contributed by atoms with van der Waals surface area (Å²) >= 11 is 0. The van der Waals surface area contributed by atoms with E-state index in [1.54, 1.807) is 0 Å². The minimum atomic E-state index is -0.108. The lowest BCUT2D eigenvalue weighted by molar-refractivity contribution is -0.142. The van der Waals surface area contributed by atoms with Gasteiger partial charge in [-0.2, -0.15) is 0 Å². The summed E-state index contributed by atoms with van der Waals surface area (Å²) in [5.74, 6) is 0.647. The molecule has 0 N–H and O–H groups in total. The predicted molar refractivity (Wildman–Crippen MR) is 103 cm³/mol. The summed E-state index contributed by atoms with van der Waals surface area (Å²) in [4.78, 5) is 11.8. The van der Waals surface area contributed by atoms with Crippen LogP contribution in [0.2, 0.25) is 0 Å². The van der Waals surface area contributed by atoms with Gasteiger partial charge in [0.05, 0.1) is 19.8 Å². The van der Waals surface area contributed by atoms with Gasteiger partial charge in [0.1, 0.15) is 0 Å². The van der Waals surface area contributed by atoms with E-state index in [1.165, 1.54) is 18.2 Å². The number of carbonyl (C=O) groups is 1.